The fourth-order valence-corrected chi connectivity index (χ4v) is 0.742. The second-order valence-electron chi connectivity index (χ2n) is 3.14. The van der Waals surface area contributed by atoms with Gasteiger partial charge in [-0.1, -0.05) is 6.58 Å². The zero-order valence-electron chi connectivity index (χ0n) is 9.57. The molecule has 0 rings (SSSR count). The normalized spacial score (nSPS) is 9.22. The Labute approximate surface area is 103 Å². The summed E-state index contributed by atoms with van der Waals surface area (Å²) in [6, 6.07) is 0. The van der Waals surface area contributed by atoms with Crippen LogP contribution in [0.25, 0.3) is 0 Å². The molecule has 104 valence electrons. The van der Waals surface area contributed by atoms with Crippen LogP contribution in [0.5, 0.6) is 0 Å². The number of hydrogen-bond donors (Lipinski definition) is 5. The first-order chi connectivity index (χ1) is 8.18. The molecule has 9 heteroatoms. The minimum Gasteiger partial charge on any atom is -0.480 e. The molecule has 0 fully saturated rings. The Hall–Kier alpha value is -2.13. The summed E-state index contributed by atoms with van der Waals surface area (Å²) in [7, 11) is 0. The van der Waals surface area contributed by atoms with Gasteiger partial charge < -0.3 is 26.2 Å². The monoisotopic (exact) mass is 264 g/mol. The van der Waals surface area contributed by atoms with Gasteiger partial charge in [0.15, 0.2) is 0 Å². The number of nitrogens with two attached hydrogens (primary N) is 1. The Balaban J connectivity index is 0. The Morgan fingerprint density at radius 1 is 0.944 bits per heavy atom. The first kappa shape index (κ1) is 18.2. The molecule has 0 aliphatic carbocycles. The first-order valence-corrected chi connectivity index (χ1v) is 4.60. The van der Waals surface area contributed by atoms with E-state index in [9.17, 15) is 14.4 Å². The van der Waals surface area contributed by atoms with Crippen molar-refractivity contribution in [3.05, 3.63) is 12.3 Å². The van der Waals surface area contributed by atoms with Crippen LogP contribution in [0.15, 0.2) is 12.3 Å². The van der Waals surface area contributed by atoms with E-state index in [0.29, 0.717) is 5.70 Å². The van der Waals surface area contributed by atoms with Crippen LogP contribution in [0, 0.1) is 0 Å². The highest BCUT2D eigenvalue weighted by atomic mass is 16.4. The predicted octanol–water partition coefficient (Wildman–Crippen LogP) is -2.01. The van der Waals surface area contributed by atoms with Crippen molar-refractivity contribution in [1.29, 1.82) is 0 Å². The summed E-state index contributed by atoms with van der Waals surface area (Å²) in [4.78, 5) is 31.2. The van der Waals surface area contributed by atoms with Crippen molar-refractivity contribution in [2.75, 3.05) is 26.2 Å². The van der Waals surface area contributed by atoms with Crippen LogP contribution in [0.1, 0.15) is 0 Å². The zero-order valence-corrected chi connectivity index (χ0v) is 9.57. The van der Waals surface area contributed by atoms with Crippen molar-refractivity contribution in [2.45, 2.75) is 0 Å². The molecular formula is C9H16N2O7. The quantitative estimate of drug-likeness (QED) is 0.350. The zero-order chi connectivity index (χ0) is 14.7. The third kappa shape index (κ3) is 16.3. The largest absolute Gasteiger partial charge is 0.480 e. The van der Waals surface area contributed by atoms with Crippen LogP contribution in [0.3, 0.4) is 0 Å². The number of aliphatic hydroxyl groups excluding tert-OH is 1. The molecule has 0 aliphatic heterocycles. The molecule has 0 saturated carbocycles. The van der Waals surface area contributed by atoms with Crippen LogP contribution in [0.4, 0.5) is 0 Å². The minimum absolute atomic E-state index is 0.111. The van der Waals surface area contributed by atoms with Gasteiger partial charge >= 0.3 is 17.9 Å². The van der Waals surface area contributed by atoms with E-state index in [1.807, 2.05) is 0 Å². The predicted molar refractivity (Wildman–Crippen MR) is 59.8 cm³/mol. The minimum atomic E-state index is -1.26. The number of aliphatic carboxylic acids is 3. The third-order valence-corrected chi connectivity index (χ3v) is 1.28. The fraction of sp³-hybridized carbons (Fsp3) is 0.444. The lowest BCUT2D eigenvalue weighted by atomic mass is 10.4. The summed E-state index contributed by atoms with van der Waals surface area (Å²) >= 11 is 0. The van der Waals surface area contributed by atoms with Crippen molar-refractivity contribution in [1.82, 2.24) is 4.90 Å². The standard InChI is InChI=1S/C6H9NO6.C3H7NO/c8-4(9)1-7(2-5(10)11)3-6(12)13;1-3(4)2-5/h1-3H2,(H,8,9)(H,10,11)(H,12,13);5H,1-2,4H2. The van der Waals surface area contributed by atoms with Gasteiger partial charge in [0.25, 0.3) is 0 Å². The van der Waals surface area contributed by atoms with E-state index in [-0.39, 0.29) is 6.61 Å². The molecule has 0 amide bonds. The summed E-state index contributed by atoms with van der Waals surface area (Å²) in [6.45, 7) is 1.29. The molecule has 0 aromatic carbocycles. The summed E-state index contributed by atoms with van der Waals surface area (Å²) in [5.74, 6) is -3.78. The summed E-state index contributed by atoms with van der Waals surface area (Å²) in [5, 5.41) is 32.8. The van der Waals surface area contributed by atoms with Crippen molar-refractivity contribution < 1.29 is 34.8 Å². The topological polar surface area (TPSA) is 161 Å². The highest BCUT2D eigenvalue weighted by molar-refractivity contribution is 5.75. The number of carboxylic acid groups (broad SMARTS) is 3. The second-order valence-corrected chi connectivity index (χ2v) is 3.14. The Bertz CT molecular complexity index is 278. The summed E-state index contributed by atoms with van der Waals surface area (Å²) in [6.07, 6.45) is 0. The molecule has 9 nitrogen and oxygen atoms in total. The molecular weight excluding hydrogens is 248 g/mol. The molecule has 6 N–H and O–H groups in total. The Kier molecular flexibility index (Phi) is 10.2. The lowest BCUT2D eigenvalue weighted by Crippen LogP contribution is -2.38. The average molecular weight is 264 g/mol. The van der Waals surface area contributed by atoms with Crippen LogP contribution in [0.2, 0.25) is 0 Å². The van der Waals surface area contributed by atoms with Gasteiger partial charge in [0.2, 0.25) is 0 Å². The number of carboxylic acids is 3. The second kappa shape index (κ2) is 10.1. The molecule has 0 unspecified atom stereocenters. The first-order valence-electron chi connectivity index (χ1n) is 4.60. The lowest BCUT2D eigenvalue weighted by Gasteiger charge is -2.14. The average Bonchev–Trinajstić information content (AvgIpc) is 2.14. The third-order valence-electron chi connectivity index (χ3n) is 1.28. The summed E-state index contributed by atoms with van der Waals surface area (Å²) in [5.41, 5.74) is 5.16. The number of nitrogens with zero attached hydrogens (tertiary/aromatic N) is 1. The number of rotatable bonds is 7. The van der Waals surface area contributed by atoms with E-state index in [1.54, 1.807) is 0 Å². The molecule has 0 aliphatic rings. The van der Waals surface area contributed by atoms with Crippen LogP contribution in [-0.4, -0.2) is 69.5 Å². The van der Waals surface area contributed by atoms with Gasteiger partial charge in [0.05, 0.1) is 26.2 Å². The van der Waals surface area contributed by atoms with Gasteiger partial charge in [-0.05, 0) is 0 Å². The van der Waals surface area contributed by atoms with Crippen LogP contribution < -0.4 is 5.73 Å². The van der Waals surface area contributed by atoms with E-state index < -0.39 is 37.5 Å². The molecule has 0 bridgehead atoms. The Morgan fingerprint density at radius 3 is 1.28 bits per heavy atom. The summed E-state index contributed by atoms with van der Waals surface area (Å²) < 4.78 is 0. The molecule has 0 aromatic heterocycles. The van der Waals surface area contributed by atoms with Crippen LogP contribution >= 0.6 is 0 Å². The Morgan fingerprint density at radius 2 is 1.17 bits per heavy atom. The van der Waals surface area contributed by atoms with E-state index in [4.69, 9.17) is 26.2 Å². The van der Waals surface area contributed by atoms with Gasteiger partial charge in [-0.3, -0.25) is 19.3 Å². The van der Waals surface area contributed by atoms with E-state index in [2.05, 4.69) is 6.58 Å². The van der Waals surface area contributed by atoms with Crippen molar-refractivity contribution in [3.63, 3.8) is 0 Å². The van der Waals surface area contributed by atoms with E-state index in [0.717, 1.165) is 4.90 Å². The van der Waals surface area contributed by atoms with Crippen molar-refractivity contribution >= 4 is 17.9 Å². The molecule has 0 spiro atoms. The maximum Gasteiger partial charge on any atom is 0.317 e. The molecule has 0 aromatic rings. The lowest BCUT2D eigenvalue weighted by molar-refractivity contribution is -0.144. The highest BCUT2D eigenvalue weighted by Crippen LogP contribution is 1.87. The van der Waals surface area contributed by atoms with Gasteiger partial charge in [0, 0.05) is 5.70 Å². The van der Waals surface area contributed by atoms with Gasteiger partial charge in [0.1, 0.15) is 0 Å². The van der Waals surface area contributed by atoms with Crippen molar-refractivity contribution in [2.24, 2.45) is 5.73 Å². The number of hydrogen-bond acceptors (Lipinski definition) is 6. The SMILES string of the molecule is C=C(N)CO.O=C(O)CN(CC(=O)O)CC(=O)O. The number of carbonyl (C=O) groups is 3. The molecule has 0 atom stereocenters. The van der Waals surface area contributed by atoms with Gasteiger partial charge in [-0.15, -0.1) is 0 Å². The van der Waals surface area contributed by atoms with Crippen LogP contribution in [-0.2, 0) is 14.4 Å². The van der Waals surface area contributed by atoms with E-state index >= 15 is 0 Å². The smallest absolute Gasteiger partial charge is 0.317 e. The molecule has 18 heavy (non-hydrogen) atoms. The van der Waals surface area contributed by atoms with Gasteiger partial charge in [-0.25, -0.2) is 0 Å². The molecule has 0 heterocycles. The fourth-order valence-electron chi connectivity index (χ4n) is 0.742. The molecule has 0 radical (unpaired) electrons. The maximum atomic E-state index is 10.1. The van der Waals surface area contributed by atoms with Crippen molar-refractivity contribution in [3.8, 4) is 0 Å². The number of aliphatic hydroxyl groups is 1. The van der Waals surface area contributed by atoms with E-state index in [1.165, 1.54) is 0 Å². The van der Waals surface area contributed by atoms with Gasteiger partial charge in [-0.2, -0.15) is 0 Å². The molecule has 0 saturated heterocycles. The maximum absolute atomic E-state index is 10.1. The highest BCUT2D eigenvalue weighted by Gasteiger charge is 2.15.